The molecule has 0 saturated heterocycles. The van der Waals surface area contributed by atoms with Crippen LogP contribution in [0.15, 0.2) is 18.2 Å². The van der Waals surface area contributed by atoms with Crippen molar-refractivity contribution in [2.24, 2.45) is 0 Å². The van der Waals surface area contributed by atoms with Crippen LogP contribution < -0.4 is 10.1 Å². The van der Waals surface area contributed by atoms with Gasteiger partial charge in [0.2, 0.25) is 0 Å². The minimum Gasteiger partial charge on any atom is -0.494 e. The van der Waals surface area contributed by atoms with E-state index >= 15 is 0 Å². The van der Waals surface area contributed by atoms with Crippen LogP contribution in [0.1, 0.15) is 25.1 Å². The lowest BCUT2D eigenvalue weighted by Crippen LogP contribution is -2.12. The lowest BCUT2D eigenvalue weighted by molar-refractivity contribution is 0.340. The molecule has 1 aromatic carbocycles. The van der Waals surface area contributed by atoms with E-state index in [0.29, 0.717) is 6.61 Å². The quantitative estimate of drug-likeness (QED) is 0.831. The van der Waals surface area contributed by atoms with E-state index in [1.165, 1.54) is 22.2 Å². The molecule has 3 heteroatoms. The van der Waals surface area contributed by atoms with Gasteiger partial charge in [-0.2, -0.15) is 0 Å². The van der Waals surface area contributed by atoms with E-state index in [1.54, 1.807) is 0 Å². The lowest BCUT2D eigenvalue weighted by atomic mass is 10.1. The number of hydrogen-bond donors (Lipinski definition) is 2. The summed E-state index contributed by atoms with van der Waals surface area (Å²) < 4.78 is 5.55. The molecule has 0 aliphatic heterocycles. The second-order valence-electron chi connectivity index (χ2n) is 4.15. The van der Waals surface area contributed by atoms with Gasteiger partial charge < -0.3 is 15.0 Å². The van der Waals surface area contributed by atoms with Crippen molar-refractivity contribution in [2.45, 2.75) is 27.3 Å². The molecule has 0 unspecified atom stereocenters. The SMILES string of the molecule is CCNCc1c(C)[nH]c2ccc(OCC)cc12. The van der Waals surface area contributed by atoms with Crippen LogP contribution in [0.4, 0.5) is 0 Å². The largest absolute Gasteiger partial charge is 0.494 e. The number of benzene rings is 1. The molecule has 92 valence electrons. The number of aryl methyl sites for hydroxylation is 1. The Morgan fingerprint density at radius 2 is 2.12 bits per heavy atom. The minimum atomic E-state index is 0.706. The molecule has 0 atom stereocenters. The van der Waals surface area contributed by atoms with E-state index in [9.17, 15) is 0 Å². The van der Waals surface area contributed by atoms with Crippen LogP contribution in [0, 0.1) is 6.92 Å². The zero-order valence-electron chi connectivity index (χ0n) is 10.8. The number of nitrogens with one attached hydrogen (secondary N) is 2. The zero-order valence-corrected chi connectivity index (χ0v) is 10.8. The zero-order chi connectivity index (χ0) is 12.3. The summed E-state index contributed by atoms with van der Waals surface area (Å²) in [6, 6.07) is 6.22. The van der Waals surface area contributed by atoms with Crippen molar-refractivity contribution in [1.29, 1.82) is 0 Å². The van der Waals surface area contributed by atoms with Crippen molar-refractivity contribution in [3.63, 3.8) is 0 Å². The summed E-state index contributed by atoms with van der Waals surface area (Å²) in [6.45, 7) is 8.83. The van der Waals surface area contributed by atoms with Gasteiger partial charge in [-0.15, -0.1) is 0 Å². The first-order valence-corrected chi connectivity index (χ1v) is 6.21. The Bertz CT molecular complexity index is 502. The van der Waals surface area contributed by atoms with Crippen LogP contribution >= 0.6 is 0 Å². The Balaban J connectivity index is 2.41. The highest BCUT2D eigenvalue weighted by Gasteiger charge is 2.08. The van der Waals surface area contributed by atoms with Crippen LogP contribution in [-0.2, 0) is 6.54 Å². The molecule has 2 aromatic rings. The molecule has 0 bridgehead atoms. The van der Waals surface area contributed by atoms with Crippen molar-refractivity contribution in [3.8, 4) is 5.75 Å². The van der Waals surface area contributed by atoms with E-state index in [0.717, 1.165) is 18.8 Å². The molecule has 2 rings (SSSR count). The van der Waals surface area contributed by atoms with Gasteiger partial charge in [0.05, 0.1) is 6.61 Å². The molecule has 0 aliphatic carbocycles. The molecule has 0 fully saturated rings. The summed E-state index contributed by atoms with van der Waals surface area (Å²) in [5, 5.41) is 4.63. The number of aromatic amines is 1. The summed E-state index contributed by atoms with van der Waals surface area (Å²) in [4.78, 5) is 3.41. The molecule has 17 heavy (non-hydrogen) atoms. The fraction of sp³-hybridized carbons (Fsp3) is 0.429. The maximum Gasteiger partial charge on any atom is 0.120 e. The number of aromatic nitrogens is 1. The molecule has 0 spiro atoms. The molecule has 3 nitrogen and oxygen atoms in total. The van der Waals surface area contributed by atoms with Crippen molar-refractivity contribution in [1.82, 2.24) is 10.3 Å². The van der Waals surface area contributed by atoms with Crippen molar-refractivity contribution >= 4 is 10.9 Å². The second kappa shape index (κ2) is 5.23. The normalized spacial score (nSPS) is 11.0. The predicted octanol–water partition coefficient (Wildman–Crippen LogP) is 2.98. The van der Waals surface area contributed by atoms with Gasteiger partial charge in [0.25, 0.3) is 0 Å². The van der Waals surface area contributed by atoms with Gasteiger partial charge in [-0.3, -0.25) is 0 Å². The Labute approximate surface area is 102 Å². The highest BCUT2D eigenvalue weighted by atomic mass is 16.5. The van der Waals surface area contributed by atoms with Gasteiger partial charge >= 0.3 is 0 Å². The van der Waals surface area contributed by atoms with Crippen LogP contribution in [0.2, 0.25) is 0 Å². The first-order chi connectivity index (χ1) is 8.26. The van der Waals surface area contributed by atoms with Crippen molar-refractivity contribution < 1.29 is 4.74 Å². The average Bonchev–Trinajstić information content (AvgIpc) is 2.63. The fourth-order valence-electron chi connectivity index (χ4n) is 2.10. The third kappa shape index (κ3) is 2.44. The fourth-order valence-corrected chi connectivity index (χ4v) is 2.10. The number of rotatable bonds is 5. The maximum absolute atomic E-state index is 5.55. The van der Waals surface area contributed by atoms with E-state index in [2.05, 4.69) is 36.3 Å². The molecule has 2 N–H and O–H groups in total. The molecule has 0 radical (unpaired) electrons. The molecule has 1 heterocycles. The summed E-state index contributed by atoms with van der Waals surface area (Å²) >= 11 is 0. The molecule has 1 aromatic heterocycles. The van der Waals surface area contributed by atoms with E-state index in [4.69, 9.17) is 4.74 Å². The summed E-state index contributed by atoms with van der Waals surface area (Å²) in [5.41, 5.74) is 3.75. The highest BCUT2D eigenvalue weighted by Crippen LogP contribution is 2.26. The molecular formula is C14H20N2O. The third-order valence-electron chi connectivity index (χ3n) is 2.95. The first kappa shape index (κ1) is 12.0. The Hall–Kier alpha value is -1.48. The highest BCUT2D eigenvalue weighted by molar-refractivity contribution is 5.86. The van der Waals surface area contributed by atoms with E-state index in [-0.39, 0.29) is 0 Å². The maximum atomic E-state index is 5.55. The summed E-state index contributed by atoms with van der Waals surface area (Å²) in [6.07, 6.45) is 0. The topological polar surface area (TPSA) is 37.0 Å². The first-order valence-electron chi connectivity index (χ1n) is 6.21. The minimum absolute atomic E-state index is 0.706. The van der Waals surface area contributed by atoms with Gasteiger partial charge in [0.1, 0.15) is 5.75 Å². The average molecular weight is 232 g/mol. The van der Waals surface area contributed by atoms with Gasteiger partial charge in [0, 0.05) is 23.1 Å². The smallest absolute Gasteiger partial charge is 0.120 e. The summed E-state index contributed by atoms with van der Waals surface area (Å²) in [5.74, 6) is 0.941. The van der Waals surface area contributed by atoms with E-state index in [1.807, 2.05) is 13.0 Å². The molecule has 0 saturated carbocycles. The standard InChI is InChI=1S/C14H20N2O/c1-4-15-9-13-10(3)16-14-7-6-11(17-5-2)8-12(13)14/h6-8,15-16H,4-5,9H2,1-3H3. The lowest BCUT2D eigenvalue weighted by Gasteiger charge is -2.05. The van der Waals surface area contributed by atoms with Crippen molar-refractivity contribution in [2.75, 3.05) is 13.2 Å². The van der Waals surface area contributed by atoms with Crippen LogP contribution in [0.3, 0.4) is 0 Å². The number of H-pyrrole nitrogens is 1. The Morgan fingerprint density at radius 1 is 1.29 bits per heavy atom. The third-order valence-corrected chi connectivity index (χ3v) is 2.95. The van der Waals surface area contributed by atoms with Crippen LogP contribution in [-0.4, -0.2) is 18.1 Å². The monoisotopic (exact) mass is 232 g/mol. The Kier molecular flexibility index (Phi) is 3.69. The molecule has 0 aliphatic rings. The molecular weight excluding hydrogens is 212 g/mol. The number of ether oxygens (including phenoxy) is 1. The van der Waals surface area contributed by atoms with Gasteiger partial charge in [0.15, 0.2) is 0 Å². The second-order valence-corrected chi connectivity index (χ2v) is 4.15. The van der Waals surface area contributed by atoms with Gasteiger partial charge in [-0.05, 0) is 44.2 Å². The van der Waals surface area contributed by atoms with E-state index < -0.39 is 0 Å². The number of fused-ring (bicyclic) bond motifs is 1. The van der Waals surface area contributed by atoms with Crippen LogP contribution in [0.25, 0.3) is 10.9 Å². The van der Waals surface area contributed by atoms with Gasteiger partial charge in [-0.25, -0.2) is 0 Å². The predicted molar refractivity (Wildman–Crippen MR) is 71.6 cm³/mol. The van der Waals surface area contributed by atoms with Gasteiger partial charge in [-0.1, -0.05) is 6.92 Å². The van der Waals surface area contributed by atoms with Crippen LogP contribution in [0.5, 0.6) is 5.75 Å². The Morgan fingerprint density at radius 3 is 2.82 bits per heavy atom. The summed E-state index contributed by atoms with van der Waals surface area (Å²) in [7, 11) is 0. The van der Waals surface area contributed by atoms with Crippen molar-refractivity contribution in [3.05, 3.63) is 29.5 Å². The molecule has 0 amide bonds. The number of hydrogen-bond acceptors (Lipinski definition) is 2.